The van der Waals surface area contributed by atoms with Crippen LogP contribution in [0.5, 0.6) is 0 Å². The van der Waals surface area contributed by atoms with E-state index in [1.807, 2.05) is 12.1 Å². The molecule has 0 atom stereocenters. The molecule has 0 radical (unpaired) electrons. The summed E-state index contributed by atoms with van der Waals surface area (Å²) in [5.74, 6) is 0. The van der Waals surface area contributed by atoms with Crippen LogP contribution in [0.1, 0.15) is 18.9 Å². The van der Waals surface area contributed by atoms with Gasteiger partial charge in [-0.25, -0.2) is 0 Å². The Morgan fingerprint density at radius 1 is 1.47 bits per heavy atom. The maximum atomic E-state index is 9.01. The smallest absolute Gasteiger partial charge is 0.0992 e. The van der Waals surface area contributed by atoms with Gasteiger partial charge in [0.25, 0.3) is 0 Å². The maximum Gasteiger partial charge on any atom is 0.0992 e. The first-order valence-electron chi connectivity index (χ1n) is 5.92. The molecule has 90 valence electrons. The zero-order valence-corrected chi connectivity index (χ0v) is 11.5. The molecule has 1 heterocycles. The number of hydrogen-bond acceptors (Lipinski definition) is 3. The molecule has 2 rings (SSSR count). The van der Waals surface area contributed by atoms with Gasteiger partial charge < -0.3 is 10.2 Å². The second kappa shape index (κ2) is 5.52. The van der Waals surface area contributed by atoms with Crippen molar-refractivity contribution in [3.8, 4) is 6.07 Å². The van der Waals surface area contributed by atoms with E-state index in [4.69, 9.17) is 5.26 Å². The Morgan fingerprint density at radius 3 is 2.76 bits per heavy atom. The zero-order chi connectivity index (χ0) is 12.3. The van der Waals surface area contributed by atoms with E-state index in [1.165, 1.54) is 0 Å². The third-order valence-electron chi connectivity index (χ3n) is 3.01. The first-order chi connectivity index (χ1) is 8.24. The number of nitriles is 1. The lowest BCUT2D eigenvalue weighted by Gasteiger charge is -2.40. The number of nitrogens with zero attached hydrogens (tertiary/aromatic N) is 2. The van der Waals surface area contributed by atoms with E-state index in [0.29, 0.717) is 11.6 Å². The predicted octanol–water partition coefficient (Wildman–Crippen LogP) is 2.51. The van der Waals surface area contributed by atoms with E-state index >= 15 is 0 Å². The van der Waals surface area contributed by atoms with Crippen molar-refractivity contribution in [3.05, 3.63) is 28.2 Å². The van der Waals surface area contributed by atoms with Crippen molar-refractivity contribution in [1.82, 2.24) is 5.32 Å². The standard InChI is InChI=1S/C13H16BrN3/c1-2-3-17(13-8-16-9-13)12-5-10(7-15)4-11(14)6-12/h4-6,13,16H,2-3,8-9H2,1H3. The summed E-state index contributed by atoms with van der Waals surface area (Å²) in [6.45, 7) is 5.29. The Balaban J connectivity index is 2.28. The van der Waals surface area contributed by atoms with Gasteiger partial charge >= 0.3 is 0 Å². The molecular weight excluding hydrogens is 278 g/mol. The lowest BCUT2D eigenvalue weighted by molar-refractivity contribution is 0.412. The number of nitrogens with one attached hydrogen (secondary N) is 1. The highest BCUT2D eigenvalue weighted by Gasteiger charge is 2.24. The van der Waals surface area contributed by atoms with Gasteiger partial charge in [-0.2, -0.15) is 5.26 Å². The Kier molecular flexibility index (Phi) is 4.03. The molecule has 0 aliphatic carbocycles. The third-order valence-corrected chi connectivity index (χ3v) is 3.47. The van der Waals surface area contributed by atoms with Crippen LogP contribution in [-0.2, 0) is 0 Å². The largest absolute Gasteiger partial charge is 0.366 e. The molecule has 0 bridgehead atoms. The molecule has 1 aromatic rings. The van der Waals surface area contributed by atoms with Crippen LogP contribution in [0.25, 0.3) is 0 Å². The van der Waals surface area contributed by atoms with E-state index in [1.54, 1.807) is 0 Å². The van der Waals surface area contributed by atoms with Gasteiger partial charge in [-0.3, -0.25) is 0 Å². The topological polar surface area (TPSA) is 39.1 Å². The van der Waals surface area contributed by atoms with Crippen molar-refractivity contribution in [3.63, 3.8) is 0 Å². The number of halogens is 1. The molecule has 0 saturated carbocycles. The molecule has 0 aromatic heterocycles. The van der Waals surface area contributed by atoms with Gasteiger partial charge in [-0.15, -0.1) is 0 Å². The Morgan fingerprint density at radius 2 is 2.24 bits per heavy atom. The van der Waals surface area contributed by atoms with E-state index in [0.717, 1.165) is 36.2 Å². The van der Waals surface area contributed by atoms with Crippen LogP contribution in [-0.4, -0.2) is 25.7 Å². The summed E-state index contributed by atoms with van der Waals surface area (Å²) in [4.78, 5) is 2.39. The van der Waals surface area contributed by atoms with Crippen molar-refractivity contribution in [2.75, 3.05) is 24.5 Å². The first kappa shape index (κ1) is 12.4. The molecule has 1 aliphatic heterocycles. The van der Waals surface area contributed by atoms with Crippen molar-refractivity contribution in [2.45, 2.75) is 19.4 Å². The van der Waals surface area contributed by atoms with Crippen molar-refractivity contribution < 1.29 is 0 Å². The minimum Gasteiger partial charge on any atom is -0.366 e. The van der Waals surface area contributed by atoms with Crippen LogP contribution in [0.3, 0.4) is 0 Å². The van der Waals surface area contributed by atoms with E-state index in [2.05, 4.69) is 45.2 Å². The fourth-order valence-electron chi connectivity index (χ4n) is 2.06. The highest BCUT2D eigenvalue weighted by Crippen LogP contribution is 2.25. The van der Waals surface area contributed by atoms with Crippen LogP contribution in [0, 0.1) is 11.3 Å². The summed E-state index contributed by atoms with van der Waals surface area (Å²) in [6, 6.07) is 8.69. The normalized spacial score (nSPS) is 15.1. The van der Waals surface area contributed by atoms with Gasteiger partial charge in [0.1, 0.15) is 0 Å². The number of hydrogen-bond donors (Lipinski definition) is 1. The number of rotatable bonds is 4. The summed E-state index contributed by atoms with van der Waals surface area (Å²) in [5, 5.41) is 12.3. The Bertz CT molecular complexity index is 435. The minimum absolute atomic E-state index is 0.566. The van der Waals surface area contributed by atoms with Crippen LogP contribution in [0.15, 0.2) is 22.7 Å². The number of benzene rings is 1. The molecule has 1 aromatic carbocycles. The first-order valence-corrected chi connectivity index (χ1v) is 6.72. The maximum absolute atomic E-state index is 9.01. The minimum atomic E-state index is 0.566. The van der Waals surface area contributed by atoms with Crippen LogP contribution >= 0.6 is 15.9 Å². The van der Waals surface area contributed by atoms with Crippen LogP contribution in [0.2, 0.25) is 0 Å². The second-order valence-electron chi connectivity index (χ2n) is 4.32. The van der Waals surface area contributed by atoms with E-state index in [-0.39, 0.29) is 0 Å². The van der Waals surface area contributed by atoms with Crippen molar-refractivity contribution in [1.29, 1.82) is 5.26 Å². The van der Waals surface area contributed by atoms with Gasteiger partial charge in [-0.1, -0.05) is 22.9 Å². The summed E-state index contributed by atoms with van der Waals surface area (Å²) in [7, 11) is 0. The summed E-state index contributed by atoms with van der Waals surface area (Å²) < 4.78 is 0.972. The average molecular weight is 294 g/mol. The molecule has 0 spiro atoms. The highest BCUT2D eigenvalue weighted by molar-refractivity contribution is 9.10. The van der Waals surface area contributed by atoms with Crippen LogP contribution in [0.4, 0.5) is 5.69 Å². The van der Waals surface area contributed by atoms with Gasteiger partial charge in [0.15, 0.2) is 0 Å². The summed E-state index contributed by atoms with van der Waals surface area (Å²) in [5.41, 5.74) is 1.85. The molecule has 17 heavy (non-hydrogen) atoms. The highest BCUT2D eigenvalue weighted by atomic mass is 79.9. The molecule has 1 saturated heterocycles. The zero-order valence-electron chi connectivity index (χ0n) is 9.91. The van der Waals surface area contributed by atoms with Gasteiger partial charge in [0, 0.05) is 29.8 Å². The van der Waals surface area contributed by atoms with E-state index in [9.17, 15) is 0 Å². The molecule has 1 fully saturated rings. The lowest BCUT2D eigenvalue weighted by atomic mass is 10.1. The third kappa shape index (κ3) is 2.80. The van der Waals surface area contributed by atoms with E-state index < -0.39 is 0 Å². The summed E-state index contributed by atoms with van der Waals surface area (Å²) in [6.07, 6.45) is 1.12. The molecule has 1 aliphatic rings. The molecule has 0 unspecified atom stereocenters. The lowest BCUT2D eigenvalue weighted by Crippen LogP contribution is -2.57. The SMILES string of the molecule is CCCN(c1cc(Br)cc(C#N)c1)C1CNC1. The number of anilines is 1. The fourth-order valence-corrected chi connectivity index (χ4v) is 2.54. The van der Waals surface area contributed by atoms with Crippen LogP contribution < -0.4 is 10.2 Å². The molecular formula is C13H16BrN3. The predicted molar refractivity (Wildman–Crippen MR) is 73.2 cm³/mol. The molecule has 4 heteroatoms. The van der Waals surface area contributed by atoms with Gasteiger partial charge in [0.2, 0.25) is 0 Å². The quantitative estimate of drug-likeness (QED) is 0.927. The fraction of sp³-hybridized carbons (Fsp3) is 0.462. The Labute approximate surface area is 111 Å². The van der Waals surface area contributed by atoms with Crippen molar-refractivity contribution >= 4 is 21.6 Å². The van der Waals surface area contributed by atoms with Crippen molar-refractivity contribution in [2.24, 2.45) is 0 Å². The van der Waals surface area contributed by atoms with Gasteiger partial charge in [0.05, 0.1) is 17.7 Å². The van der Waals surface area contributed by atoms with Gasteiger partial charge in [-0.05, 0) is 24.6 Å². The summed E-state index contributed by atoms with van der Waals surface area (Å²) >= 11 is 3.47. The second-order valence-corrected chi connectivity index (χ2v) is 5.23. The Hall–Kier alpha value is -1.05. The molecule has 3 nitrogen and oxygen atoms in total. The molecule has 0 amide bonds. The monoisotopic (exact) mass is 293 g/mol. The molecule has 1 N–H and O–H groups in total. The average Bonchev–Trinajstić information content (AvgIpc) is 2.25.